The molecule has 2 rings (SSSR count). The van der Waals surface area contributed by atoms with Crippen LogP contribution in [0.4, 0.5) is 5.69 Å². The first kappa shape index (κ1) is 14.0. The van der Waals surface area contributed by atoms with Crippen molar-refractivity contribution >= 4 is 31.6 Å². The summed E-state index contributed by atoms with van der Waals surface area (Å²) in [4.78, 5) is 0.0597. The Bertz CT molecular complexity index is 698. The standard InChI is InChI=1S/C10H12BrN5O2S/c1-16-6-7(14-15-16)5-13-10-3-2-8(4-9(10)11)19(12,17)18/h2-4,6,13H,5H2,1H3,(H2,12,17,18). The van der Waals surface area contributed by atoms with Crippen LogP contribution >= 0.6 is 15.9 Å². The van der Waals surface area contributed by atoms with Gasteiger partial charge >= 0.3 is 0 Å². The van der Waals surface area contributed by atoms with E-state index < -0.39 is 10.0 Å². The molecular formula is C10H12BrN5O2S. The molecule has 0 aliphatic heterocycles. The van der Waals surface area contributed by atoms with Crippen molar-refractivity contribution in [3.63, 3.8) is 0 Å². The smallest absolute Gasteiger partial charge is 0.238 e. The van der Waals surface area contributed by atoms with E-state index in [1.807, 2.05) is 0 Å². The molecule has 0 unspecified atom stereocenters. The Morgan fingerprint density at radius 1 is 1.47 bits per heavy atom. The highest BCUT2D eigenvalue weighted by molar-refractivity contribution is 9.10. The molecule has 0 amide bonds. The van der Waals surface area contributed by atoms with Crippen LogP contribution in [-0.4, -0.2) is 23.4 Å². The lowest BCUT2D eigenvalue weighted by Gasteiger charge is -2.08. The number of nitrogens with two attached hydrogens (primary N) is 1. The van der Waals surface area contributed by atoms with Crippen molar-refractivity contribution in [2.75, 3.05) is 5.32 Å². The fourth-order valence-electron chi connectivity index (χ4n) is 1.48. The molecule has 9 heteroatoms. The van der Waals surface area contributed by atoms with E-state index in [1.165, 1.54) is 12.1 Å². The molecular weight excluding hydrogens is 334 g/mol. The number of anilines is 1. The number of nitrogens with zero attached hydrogens (tertiary/aromatic N) is 3. The monoisotopic (exact) mass is 345 g/mol. The minimum absolute atomic E-state index is 0.0597. The number of primary sulfonamides is 1. The number of hydrogen-bond donors (Lipinski definition) is 2. The third-order valence-electron chi connectivity index (χ3n) is 2.38. The summed E-state index contributed by atoms with van der Waals surface area (Å²) < 4.78 is 24.6. The molecule has 19 heavy (non-hydrogen) atoms. The van der Waals surface area contributed by atoms with Gasteiger partial charge < -0.3 is 5.32 Å². The van der Waals surface area contributed by atoms with Crippen LogP contribution in [0.25, 0.3) is 0 Å². The van der Waals surface area contributed by atoms with Crippen LogP contribution in [0.3, 0.4) is 0 Å². The molecule has 7 nitrogen and oxygen atoms in total. The number of benzene rings is 1. The maximum absolute atomic E-state index is 11.2. The van der Waals surface area contributed by atoms with E-state index in [-0.39, 0.29) is 4.90 Å². The Kier molecular flexibility index (Phi) is 3.88. The lowest BCUT2D eigenvalue weighted by Crippen LogP contribution is -2.12. The van der Waals surface area contributed by atoms with Crippen molar-refractivity contribution in [2.45, 2.75) is 11.4 Å². The minimum Gasteiger partial charge on any atom is -0.378 e. The highest BCUT2D eigenvalue weighted by atomic mass is 79.9. The van der Waals surface area contributed by atoms with Gasteiger partial charge in [0.2, 0.25) is 10.0 Å². The summed E-state index contributed by atoms with van der Waals surface area (Å²) in [7, 11) is -1.90. The number of hydrogen-bond acceptors (Lipinski definition) is 5. The van der Waals surface area contributed by atoms with Crippen molar-refractivity contribution in [3.8, 4) is 0 Å². The molecule has 0 fully saturated rings. The Balaban J connectivity index is 2.14. The molecule has 0 aliphatic rings. The van der Waals surface area contributed by atoms with Crippen LogP contribution in [0.2, 0.25) is 0 Å². The van der Waals surface area contributed by atoms with Gasteiger partial charge in [0.05, 0.1) is 11.4 Å². The number of rotatable bonds is 4. The average Bonchev–Trinajstić information content (AvgIpc) is 2.72. The first-order valence-electron chi connectivity index (χ1n) is 5.27. The summed E-state index contributed by atoms with van der Waals surface area (Å²) in [5, 5.41) is 15.9. The van der Waals surface area contributed by atoms with Crippen LogP contribution in [0.15, 0.2) is 33.8 Å². The number of aryl methyl sites for hydroxylation is 1. The molecule has 0 saturated heterocycles. The molecule has 0 bridgehead atoms. The van der Waals surface area contributed by atoms with Gasteiger partial charge in [-0.25, -0.2) is 13.6 Å². The maximum atomic E-state index is 11.2. The minimum atomic E-state index is -3.69. The molecule has 0 spiro atoms. The van der Waals surface area contributed by atoms with Crippen LogP contribution < -0.4 is 10.5 Å². The van der Waals surface area contributed by atoms with Gasteiger partial charge in [-0.15, -0.1) is 5.10 Å². The van der Waals surface area contributed by atoms with E-state index in [0.29, 0.717) is 11.0 Å². The van der Waals surface area contributed by atoms with Gasteiger partial charge in [-0.2, -0.15) is 0 Å². The molecule has 0 saturated carbocycles. The van der Waals surface area contributed by atoms with Crippen LogP contribution in [-0.2, 0) is 23.6 Å². The van der Waals surface area contributed by atoms with E-state index in [4.69, 9.17) is 5.14 Å². The quantitative estimate of drug-likeness (QED) is 0.854. The highest BCUT2D eigenvalue weighted by Gasteiger charge is 2.10. The van der Waals surface area contributed by atoms with Gasteiger partial charge in [0.15, 0.2) is 0 Å². The number of halogens is 1. The topological polar surface area (TPSA) is 103 Å². The largest absolute Gasteiger partial charge is 0.378 e. The summed E-state index contributed by atoms with van der Waals surface area (Å²) in [5.41, 5.74) is 1.53. The lowest BCUT2D eigenvalue weighted by molar-refractivity contribution is 0.598. The van der Waals surface area contributed by atoms with Gasteiger partial charge in [-0.3, -0.25) is 4.68 Å². The second kappa shape index (κ2) is 5.27. The normalized spacial score (nSPS) is 11.5. The molecule has 2 aromatic rings. The number of aromatic nitrogens is 3. The predicted octanol–water partition coefficient (Wildman–Crippen LogP) is 0.837. The third kappa shape index (κ3) is 3.52. The molecule has 3 N–H and O–H groups in total. The van der Waals surface area contributed by atoms with Crippen molar-refractivity contribution < 1.29 is 8.42 Å². The fraction of sp³-hybridized carbons (Fsp3) is 0.200. The molecule has 102 valence electrons. The predicted molar refractivity (Wildman–Crippen MR) is 73.8 cm³/mol. The zero-order valence-electron chi connectivity index (χ0n) is 10.0. The zero-order chi connectivity index (χ0) is 14.0. The van der Waals surface area contributed by atoms with Crippen LogP contribution in [0.5, 0.6) is 0 Å². The van der Waals surface area contributed by atoms with Gasteiger partial charge in [0.25, 0.3) is 0 Å². The number of sulfonamides is 1. The second-order valence-electron chi connectivity index (χ2n) is 3.92. The second-order valence-corrected chi connectivity index (χ2v) is 6.34. The third-order valence-corrected chi connectivity index (χ3v) is 3.95. The summed E-state index contributed by atoms with van der Waals surface area (Å²) in [6.07, 6.45) is 1.79. The first-order valence-corrected chi connectivity index (χ1v) is 7.61. The Labute approximate surface area is 119 Å². The van der Waals surface area contributed by atoms with Crippen LogP contribution in [0, 0.1) is 0 Å². The highest BCUT2D eigenvalue weighted by Crippen LogP contribution is 2.25. The Hall–Kier alpha value is -1.45. The van der Waals surface area contributed by atoms with E-state index >= 15 is 0 Å². The van der Waals surface area contributed by atoms with Gasteiger partial charge in [-0.05, 0) is 34.1 Å². The lowest BCUT2D eigenvalue weighted by atomic mass is 10.3. The number of nitrogens with one attached hydrogen (secondary N) is 1. The summed E-state index contributed by atoms with van der Waals surface area (Å²) in [6, 6.07) is 4.54. The van der Waals surface area contributed by atoms with Gasteiger partial charge in [-0.1, -0.05) is 5.21 Å². The molecule has 1 heterocycles. The van der Waals surface area contributed by atoms with Crippen LogP contribution in [0.1, 0.15) is 5.69 Å². The van der Waals surface area contributed by atoms with E-state index in [0.717, 1.165) is 11.4 Å². The first-order chi connectivity index (χ1) is 8.86. The molecule has 1 aromatic heterocycles. The summed E-state index contributed by atoms with van der Waals surface area (Å²) in [6.45, 7) is 0.487. The SMILES string of the molecule is Cn1cc(CNc2ccc(S(N)(=O)=O)cc2Br)nn1. The zero-order valence-corrected chi connectivity index (χ0v) is 12.4. The fourth-order valence-corrected chi connectivity index (χ4v) is 2.69. The van der Waals surface area contributed by atoms with E-state index in [1.54, 1.807) is 24.0 Å². The molecule has 1 aromatic carbocycles. The van der Waals surface area contributed by atoms with Gasteiger partial charge in [0, 0.05) is 23.4 Å². The van der Waals surface area contributed by atoms with Crippen molar-refractivity contribution in [2.24, 2.45) is 12.2 Å². The Morgan fingerprint density at radius 3 is 2.74 bits per heavy atom. The molecule has 0 atom stereocenters. The van der Waals surface area contributed by atoms with E-state index in [2.05, 4.69) is 31.6 Å². The van der Waals surface area contributed by atoms with E-state index in [9.17, 15) is 8.42 Å². The average molecular weight is 346 g/mol. The van der Waals surface area contributed by atoms with Crippen molar-refractivity contribution in [1.29, 1.82) is 0 Å². The van der Waals surface area contributed by atoms with Gasteiger partial charge in [0.1, 0.15) is 5.69 Å². The Morgan fingerprint density at radius 2 is 2.21 bits per heavy atom. The molecule has 0 radical (unpaired) electrons. The maximum Gasteiger partial charge on any atom is 0.238 e. The summed E-state index contributed by atoms with van der Waals surface area (Å²) >= 11 is 3.29. The van der Waals surface area contributed by atoms with Crippen molar-refractivity contribution in [1.82, 2.24) is 15.0 Å². The molecule has 0 aliphatic carbocycles. The summed E-state index contributed by atoms with van der Waals surface area (Å²) in [5.74, 6) is 0. The van der Waals surface area contributed by atoms with Crippen molar-refractivity contribution in [3.05, 3.63) is 34.6 Å².